The van der Waals surface area contributed by atoms with E-state index < -0.39 is 0 Å². The van der Waals surface area contributed by atoms with Crippen LogP contribution in [0.15, 0.2) is 47.4 Å². The Morgan fingerprint density at radius 1 is 1.00 bits per heavy atom. The smallest absolute Gasteiger partial charge is 0.0545 e. The molecule has 0 radical (unpaired) electrons. The van der Waals surface area contributed by atoms with E-state index in [1.807, 2.05) is 42.5 Å². The van der Waals surface area contributed by atoms with Gasteiger partial charge in [0.05, 0.1) is 5.02 Å². The first-order valence-electron chi connectivity index (χ1n) is 5.55. The second-order valence-electron chi connectivity index (χ2n) is 3.85. The SMILES string of the molecule is NCc1cccc(Cl)c1SCc1ccc(Cl)cc1. The van der Waals surface area contributed by atoms with Crippen molar-refractivity contribution in [3.63, 3.8) is 0 Å². The first kappa shape index (κ1) is 13.8. The Labute approximate surface area is 121 Å². The van der Waals surface area contributed by atoms with Gasteiger partial charge in [-0.1, -0.05) is 47.5 Å². The first-order chi connectivity index (χ1) is 8.70. The molecule has 0 heterocycles. The van der Waals surface area contributed by atoms with E-state index in [0.717, 1.165) is 26.3 Å². The highest BCUT2D eigenvalue weighted by Gasteiger charge is 2.06. The Kier molecular flexibility index (Phi) is 4.95. The molecule has 2 aromatic rings. The van der Waals surface area contributed by atoms with Crippen LogP contribution in [0.25, 0.3) is 0 Å². The molecule has 0 aromatic heterocycles. The monoisotopic (exact) mass is 297 g/mol. The first-order valence-corrected chi connectivity index (χ1v) is 7.29. The van der Waals surface area contributed by atoms with Crippen molar-refractivity contribution in [2.45, 2.75) is 17.2 Å². The van der Waals surface area contributed by atoms with Crippen LogP contribution in [0.1, 0.15) is 11.1 Å². The topological polar surface area (TPSA) is 26.0 Å². The van der Waals surface area contributed by atoms with Crippen molar-refractivity contribution >= 4 is 35.0 Å². The quantitative estimate of drug-likeness (QED) is 0.825. The predicted molar refractivity (Wildman–Crippen MR) is 80.4 cm³/mol. The lowest BCUT2D eigenvalue weighted by Crippen LogP contribution is -1.98. The van der Waals surface area contributed by atoms with Crippen LogP contribution in [0.5, 0.6) is 0 Å². The van der Waals surface area contributed by atoms with Gasteiger partial charge in [0.15, 0.2) is 0 Å². The second-order valence-corrected chi connectivity index (χ2v) is 5.68. The molecule has 0 saturated heterocycles. The van der Waals surface area contributed by atoms with Crippen molar-refractivity contribution in [2.75, 3.05) is 0 Å². The Morgan fingerprint density at radius 3 is 2.39 bits per heavy atom. The maximum atomic E-state index is 6.20. The molecule has 0 amide bonds. The average Bonchev–Trinajstić information content (AvgIpc) is 2.39. The van der Waals surface area contributed by atoms with Crippen LogP contribution in [-0.2, 0) is 12.3 Å². The van der Waals surface area contributed by atoms with Crippen LogP contribution in [0.2, 0.25) is 10.0 Å². The van der Waals surface area contributed by atoms with Crippen LogP contribution in [0.3, 0.4) is 0 Å². The van der Waals surface area contributed by atoms with E-state index in [2.05, 4.69) is 0 Å². The van der Waals surface area contributed by atoms with Gasteiger partial charge in [-0.05, 0) is 29.3 Å². The van der Waals surface area contributed by atoms with E-state index in [0.29, 0.717) is 6.54 Å². The van der Waals surface area contributed by atoms with Crippen molar-refractivity contribution in [3.05, 3.63) is 63.6 Å². The van der Waals surface area contributed by atoms with E-state index in [1.54, 1.807) is 11.8 Å². The zero-order valence-electron chi connectivity index (χ0n) is 9.70. The van der Waals surface area contributed by atoms with Crippen LogP contribution < -0.4 is 5.73 Å². The van der Waals surface area contributed by atoms with Crippen LogP contribution in [0, 0.1) is 0 Å². The lowest BCUT2D eigenvalue weighted by Gasteiger charge is -2.09. The molecule has 94 valence electrons. The van der Waals surface area contributed by atoms with E-state index >= 15 is 0 Å². The Hall–Kier alpha value is -0.670. The highest BCUT2D eigenvalue weighted by Crippen LogP contribution is 2.33. The minimum Gasteiger partial charge on any atom is -0.326 e. The molecule has 0 atom stereocenters. The molecule has 2 N–H and O–H groups in total. The molecular formula is C14H13Cl2NS. The normalized spacial score (nSPS) is 10.6. The van der Waals surface area contributed by atoms with Gasteiger partial charge in [0.25, 0.3) is 0 Å². The summed E-state index contributed by atoms with van der Waals surface area (Å²) in [5.41, 5.74) is 8.02. The van der Waals surface area contributed by atoms with E-state index in [-0.39, 0.29) is 0 Å². The van der Waals surface area contributed by atoms with Crippen LogP contribution in [-0.4, -0.2) is 0 Å². The number of nitrogens with two attached hydrogens (primary N) is 1. The molecule has 0 aliphatic carbocycles. The summed E-state index contributed by atoms with van der Waals surface area (Å²) in [7, 11) is 0. The highest BCUT2D eigenvalue weighted by molar-refractivity contribution is 7.98. The maximum absolute atomic E-state index is 6.20. The summed E-state index contributed by atoms with van der Waals surface area (Å²) in [6.45, 7) is 0.503. The van der Waals surface area contributed by atoms with Crippen LogP contribution >= 0.6 is 35.0 Å². The van der Waals surface area contributed by atoms with Crippen molar-refractivity contribution in [1.29, 1.82) is 0 Å². The van der Waals surface area contributed by atoms with Gasteiger partial charge in [0.2, 0.25) is 0 Å². The lowest BCUT2D eigenvalue weighted by molar-refractivity contribution is 1.03. The number of hydrogen-bond donors (Lipinski definition) is 1. The highest BCUT2D eigenvalue weighted by atomic mass is 35.5. The Morgan fingerprint density at radius 2 is 1.72 bits per heavy atom. The van der Waals surface area contributed by atoms with Crippen molar-refractivity contribution in [1.82, 2.24) is 0 Å². The zero-order valence-corrected chi connectivity index (χ0v) is 12.0. The van der Waals surface area contributed by atoms with E-state index in [1.165, 1.54) is 5.56 Å². The molecule has 0 bridgehead atoms. The average molecular weight is 298 g/mol. The fourth-order valence-corrected chi connectivity index (χ4v) is 3.14. The molecule has 0 spiro atoms. The van der Waals surface area contributed by atoms with E-state index in [9.17, 15) is 0 Å². The number of benzene rings is 2. The van der Waals surface area contributed by atoms with Gasteiger partial charge in [0, 0.05) is 22.2 Å². The molecule has 0 aliphatic rings. The fourth-order valence-electron chi connectivity index (χ4n) is 1.61. The van der Waals surface area contributed by atoms with Gasteiger partial charge in [-0.15, -0.1) is 11.8 Å². The van der Waals surface area contributed by atoms with Crippen molar-refractivity contribution < 1.29 is 0 Å². The third kappa shape index (κ3) is 3.42. The zero-order chi connectivity index (χ0) is 13.0. The summed E-state index contributed by atoms with van der Waals surface area (Å²) in [6.07, 6.45) is 0. The number of rotatable bonds is 4. The van der Waals surface area contributed by atoms with Gasteiger partial charge in [-0.2, -0.15) is 0 Å². The summed E-state index contributed by atoms with van der Waals surface area (Å²) < 4.78 is 0. The molecular weight excluding hydrogens is 285 g/mol. The van der Waals surface area contributed by atoms with Crippen molar-refractivity contribution in [2.24, 2.45) is 5.73 Å². The largest absolute Gasteiger partial charge is 0.326 e. The molecule has 0 fully saturated rings. The predicted octanol–water partition coefficient (Wildman–Crippen LogP) is 4.74. The Balaban J connectivity index is 2.12. The standard InChI is InChI=1S/C14H13Cl2NS/c15-12-6-4-10(5-7-12)9-18-14-11(8-17)2-1-3-13(14)16/h1-7H,8-9,17H2. The Bertz CT molecular complexity index is 526. The minimum absolute atomic E-state index is 0.503. The third-order valence-electron chi connectivity index (χ3n) is 2.56. The minimum atomic E-state index is 0.503. The summed E-state index contributed by atoms with van der Waals surface area (Å²) in [6, 6.07) is 13.7. The number of halogens is 2. The van der Waals surface area contributed by atoms with Gasteiger partial charge >= 0.3 is 0 Å². The lowest BCUT2D eigenvalue weighted by atomic mass is 10.2. The fraction of sp³-hybridized carbons (Fsp3) is 0.143. The van der Waals surface area contributed by atoms with Crippen molar-refractivity contribution in [3.8, 4) is 0 Å². The molecule has 0 saturated carbocycles. The van der Waals surface area contributed by atoms with Gasteiger partial charge in [-0.3, -0.25) is 0 Å². The second kappa shape index (κ2) is 6.48. The molecule has 0 aliphatic heterocycles. The molecule has 1 nitrogen and oxygen atoms in total. The van der Waals surface area contributed by atoms with Gasteiger partial charge in [-0.25, -0.2) is 0 Å². The number of hydrogen-bond acceptors (Lipinski definition) is 2. The molecule has 0 unspecified atom stereocenters. The summed E-state index contributed by atoms with van der Waals surface area (Å²) in [5.74, 6) is 0.855. The summed E-state index contributed by atoms with van der Waals surface area (Å²) in [4.78, 5) is 1.07. The molecule has 4 heteroatoms. The maximum Gasteiger partial charge on any atom is 0.0545 e. The molecule has 2 aromatic carbocycles. The summed E-state index contributed by atoms with van der Waals surface area (Å²) >= 11 is 13.8. The van der Waals surface area contributed by atoms with Gasteiger partial charge in [0.1, 0.15) is 0 Å². The molecule has 18 heavy (non-hydrogen) atoms. The van der Waals surface area contributed by atoms with Crippen LogP contribution in [0.4, 0.5) is 0 Å². The third-order valence-corrected chi connectivity index (χ3v) is 4.49. The van der Waals surface area contributed by atoms with E-state index in [4.69, 9.17) is 28.9 Å². The van der Waals surface area contributed by atoms with Gasteiger partial charge < -0.3 is 5.73 Å². The number of thioether (sulfide) groups is 1. The summed E-state index contributed by atoms with van der Waals surface area (Å²) in [5, 5.41) is 1.51. The molecule has 2 rings (SSSR count).